The predicted octanol–water partition coefficient (Wildman–Crippen LogP) is 1.11. The second kappa shape index (κ2) is 3.56. The molecule has 0 atom stereocenters. The lowest BCUT2D eigenvalue weighted by atomic mass is 10.0. The molecule has 1 aliphatic carbocycles. The van der Waals surface area contributed by atoms with Gasteiger partial charge in [-0.15, -0.1) is 0 Å². The topological polar surface area (TPSA) is 76.4 Å². The van der Waals surface area contributed by atoms with E-state index in [4.69, 9.17) is 10.9 Å². The van der Waals surface area contributed by atoms with Crippen LogP contribution in [-0.4, -0.2) is 20.6 Å². The smallest absolute Gasteiger partial charge is 0.139 e. The average Bonchev–Trinajstić information content (AvgIpc) is 2.85. The zero-order valence-electron chi connectivity index (χ0n) is 8.85. The third kappa shape index (κ3) is 2.11. The molecule has 0 aliphatic heterocycles. The Kier molecular flexibility index (Phi) is 2.38. The summed E-state index contributed by atoms with van der Waals surface area (Å²) >= 11 is 0. The molecular weight excluding hydrogens is 192 g/mol. The van der Waals surface area contributed by atoms with Gasteiger partial charge in [-0.1, -0.05) is 5.16 Å². The van der Waals surface area contributed by atoms with Crippen LogP contribution in [0.25, 0.3) is 0 Å². The highest BCUT2D eigenvalue weighted by atomic mass is 16.4. The summed E-state index contributed by atoms with van der Waals surface area (Å²) in [5.74, 6) is 1.34. The molecule has 0 amide bonds. The highest BCUT2D eigenvalue weighted by molar-refractivity contribution is 5.80. The molecule has 1 aromatic rings. The van der Waals surface area contributed by atoms with E-state index in [1.54, 1.807) is 6.20 Å². The molecule has 5 heteroatoms. The van der Waals surface area contributed by atoms with Gasteiger partial charge in [0.05, 0.1) is 0 Å². The fraction of sp³-hybridized carbons (Fsp3) is 0.600. The van der Waals surface area contributed by atoms with Crippen LogP contribution in [-0.2, 0) is 6.54 Å². The molecule has 0 radical (unpaired) electrons. The SMILES string of the molecule is Cc1nccn1CC1(CC(N)=NO)CC1. The molecule has 0 saturated heterocycles. The first-order chi connectivity index (χ1) is 7.15. The zero-order chi connectivity index (χ0) is 10.9. The molecule has 1 fully saturated rings. The summed E-state index contributed by atoms with van der Waals surface area (Å²) in [6.45, 7) is 2.90. The van der Waals surface area contributed by atoms with Crippen LogP contribution >= 0.6 is 0 Å². The summed E-state index contributed by atoms with van der Waals surface area (Å²) < 4.78 is 2.12. The van der Waals surface area contributed by atoms with Gasteiger partial charge < -0.3 is 15.5 Å². The van der Waals surface area contributed by atoms with E-state index in [9.17, 15) is 0 Å². The van der Waals surface area contributed by atoms with Crippen LogP contribution in [0.3, 0.4) is 0 Å². The summed E-state index contributed by atoms with van der Waals surface area (Å²) in [4.78, 5) is 4.18. The standard InChI is InChI=1S/C10H16N4O/c1-8-12-4-5-14(8)7-10(2-3-10)6-9(11)13-15/h4-5,15H,2-3,6-7H2,1H3,(H2,11,13). The third-order valence-corrected chi connectivity index (χ3v) is 3.07. The van der Waals surface area contributed by atoms with Gasteiger partial charge in [0.2, 0.25) is 0 Å². The minimum Gasteiger partial charge on any atom is -0.409 e. The largest absolute Gasteiger partial charge is 0.409 e. The third-order valence-electron chi connectivity index (χ3n) is 3.07. The summed E-state index contributed by atoms with van der Waals surface area (Å²) in [5.41, 5.74) is 5.74. The molecule has 1 aliphatic rings. The first kappa shape index (κ1) is 10.0. The first-order valence-electron chi connectivity index (χ1n) is 5.09. The van der Waals surface area contributed by atoms with Gasteiger partial charge in [-0.3, -0.25) is 0 Å². The second-order valence-corrected chi connectivity index (χ2v) is 4.37. The van der Waals surface area contributed by atoms with Crippen molar-refractivity contribution >= 4 is 5.84 Å². The van der Waals surface area contributed by atoms with Gasteiger partial charge in [0, 0.05) is 25.4 Å². The number of amidine groups is 1. The highest BCUT2D eigenvalue weighted by Gasteiger charge is 2.43. The summed E-state index contributed by atoms with van der Waals surface area (Å²) in [6, 6.07) is 0. The van der Waals surface area contributed by atoms with Crippen molar-refractivity contribution in [3.63, 3.8) is 0 Å². The molecule has 2 rings (SSSR count). The molecule has 1 saturated carbocycles. The van der Waals surface area contributed by atoms with Crippen LogP contribution in [0.2, 0.25) is 0 Å². The Morgan fingerprint density at radius 3 is 2.93 bits per heavy atom. The van der Waals surface area contributed by atoms with E-state index in [2.05, 4.69) is 14.7 Å². The molecule has 82 valence electrons. The number of aryl methyl sites for hydroxylation is 1. The van der Waals surface area contributed by atoms with E-state index >= 15 is 0 Å². The minimum atomic E-state index is 0.196. The number of nitrogens with two attached hydrogens (primary N) is 1. The van der Waals surface area contributed by atoms with Gasteiger partial charge in [0.1, 0.15) is 11.7 Å². The Hall–Kier alpha value is -1.52. The van der Waals surface area contributed by atoms with E-state index in [0.717, 1.165) is 25.2 Å². The number of rotatable bonds is 4. The van der Waals surface area contributed by atoms with Gasteiger partial charge in [-0.05, 0) is 25.2 Å². The Morgan fingerprint density at radius 2 is 2.47 bits per heavy atom. The molecule has 15 heavy (non-hydrogen) atoms. The molecule has 3 N–H and O–H groups in total. The Labute approximate surface area is 88.6 Å². The van der Waals surface area contributed by atoms with Crippen molar-refractivity contribution in [3.05, 3.63) is 18.2 Å². The van der Waals surface area contributed by atoms with Crippen LogP contribution in [0.1, 0.15) is 25.1 Å². The fourth-order valence-electron chi connectivity index (χ4n) is 1.92. The minimum absolute atomic E-state index is 0.196. The second-order valence-electron chi connectivity index (χ2n) is 4.37. The maximum absolute atomic E-state index is 8.55. The summed E-state index contributed by atoms with van der Waals surface area (Å²) in [6.07, 6.45) is 6.72. The number of hydrogen-bond acceptors (Lipinski definition) is 3. The number of aromatic nitrogens is 2. The average molecular weight is 208 g/mol. The van der Waals surface area contributed by atoms with Crippen LogP contribution in [0.4, 0.5) is 0 Å². The summed E-state index contributed by atoms with van der Waals surface area (Å²) in [5, 5.41) is 11.6. The van der Waals surface area contributed by atoms with E-state index in [1.165, 1.54) is 0 Å². The van der Waals surface area contributed by atoms with Gasteiger partial charge in [0.15, 0.2) is 0 Å². The van der Waals surface area contributed by atoms with E-state index < -0.39 is 0 Å². The van der Waals surface area contributed by atoms with Gasteiger partial charge in [-0.25, -0.2) is 4.98 Å². The molecule has 0 unspecified atom stereocenters. The first-order valence-corrected chi connectivity index (χ1v) is 5.09. The number of imidazole rings is 1. The van der Waals surface area contributed by atoms with E-state index in [-0.39, 0.29) is 5.41 Å². The number of hydrogen-bond donors (Lipinski definition) is 2. The molecule has 5 nitrogen and oxygen atoms in total. The lowest BCUT2D eigenvalue weighted by Crippen LogP contribution is -2.21. The lowest BCUT2D eigenvalue weighted by Gasteiger charge is -2.15. The molecule has 1 aromatic heterocycles. The van der Waals surface area contributed by atoms with E-state index in [1.807, 2.05) is 13.1 Å². The maximum Gasteiger partial charge on any atom is 0.139 e. The normalized spacial score (nSPS) is 19.1. The van der Waals surface area contributed by atoms with E-state index in [0.29, 0.717) is 12.3 Å². The number of oxime groups is 1. The van der Waals surface area contributed by atoms with Gasteiger partial charge in [-0.2, -0.15) is 0 Å². The monoisotopic (exact) mass is 208 g/mol. The van der Waals surface area contributed by atoms with Crippen LogP contribution in [0, 0.1) is 12.3 Å². The van der Waals surface area contributed by atoms with Gasteiger partial charge >= 0.3 is 0 Å². The summed E-state index contributed by atoms with van der Waals surface area (Å²) in [7, 11) is 0. The highest BCUT2D eigenvalue weighted by Crippen LogP contribution is 2.50. The van der Waals surface area contributed by atoms with Crippen molar-refractivity contribution in [1.29, 1.82) is 0 Å². The van der Waals surface area contributed by atoms with Crippen LogP contribution < -0.4 is 5.73 Å². The molecule has 0 aromatic carbocycles. The van der Waals surface area contributed by atoms with Crippen molar-refractivity contribution in [2.75, 3.05) is 0 Å². The Balaban J connectivity index is 2.03. The molecule has 0 bridgehead atoms. The zero-order valence-corrected chi connectivity index (χ0v) is 8.85. The van der Waals surface area contributed by atoms with Crippen LogP contribution in [0.15, 0.2) is 17.5 Å². The van der Waals surface area contributed by atoms with Crippen molar-refractivity contribution in [3.8, 4) is 0 Å². The fourth-order valence-corrected chi connectivity index (χ4v) is 1.92. The van der Waals surface area contributed by atoms with Crippen molar-refractivity contribution < 1.29 is 5.21 Å². The van der Waals surface area contributed by atoms with Crippen molar-refractivity contribution in [2.45, 2.75) is 32.7 Å². The number of nitrogens with zero attached hydrogens (tertiary/aromatic N) is 3. The Morgan fingerprint density at radius 1 is 1.73 bits per heavy atom. The lowest BCUT2D eigenvalue weighted by molar-refractivity contribution is 0.313. The maximum atomic E-state index is 8.55. The van der Waals surface area contributed by atoms with Gasteiger partial charge in [0.25, 0.3) is 0 Å². The molecular formula is C10H16N4O. The predicted molar refractivity (Wildman–Crippen MR) is 56.7 cm³/mol. The van der Waals surface area contributed by atoms with Crippen molar-refractivity contribution in [1.82, 2.24) is 9.55 Å². The Bertz CT molecular complexity index is 379. The van der Waals surface area contributed by atoms with Crippen molar-refractivity contribution in [2.24, 2.45) is 16.3 Å². The molecule has 0 spiro atoms. The molecule has 1 heterocycles. The van der Waals surface area contributed by atoms with Crippen LogP contribution in [0.5, 0.6) is 0 Å². The quantitative estimate of drug-likeness (QED) is 0.337.